The number of ketones is 2. The summed E-state index contributed by atoms with van der Waals surface area (Å²) in [6.45, 7) is 5.37. The lowest BCUT2D eigenvalue weighted by atomic mass is 9.77. The van der Waals surface area contributed by atoms with Crippen LogP contribution in [0.5, 0.6) is 0 Å². The molecule has 1 spiro atoms. The average molecular weight is 327 g/mol. The summed E-state index contributed by atoms with van der Waals surface area (Å²) in [6, 6.07) is 0. The van der Waals surface area contributed by atoms with E-state index in [2.05, 4.69) is 15.9 Å². The Bertz CT molecular complexity index is 574. The second-order valence-electron chi connectivity index (χ2n) is 5.97. The normalized spacial score (nSPS) is 43.7. The molecule has 1 saturated carbocycles. The zero-order valence-corrected chi connectivity index (χ0v) is 12.6. The monoisotopic (exact) mass is 326 g/mol. The Labute approximate surface area is 119 Å². The third-order valence-corrected chi connectivity index (χ3v) is 5.48. The number of rotatable bonds is 1. The van der Waals surface area contributed by atoms with E-state index in [1.165, 1.54) is 6.08 Å². The quantitative estimate of drug-likeness (QED) is 0.799. The van der Waals surface area contributed by atoms with Gasteiger partial charge in [0.25, 0.3) is 0 Å². The largest absolute Gasteiger partial charge is 0.358 e. The van der Waals surface area contributed by atoms with Crippen LogP contribution in [0.4, 0.5) is 0 Å². The minimum absolute atomic E-state index is 0.0939. The number of ether oxygens (including phenoxy) is 1. The Morgan fingerprint density at radius 2 is 2.16 bits per heavy atom. The summed E-state index contributed by atoms with van der Waals surface area (Å²) in [5, 5.41) is 10.7. The lowest BCUT2D eigenvalue weighted by molar-refractivity contribution is -0.238. The van der Waals surface area contributed by atoms with Gasteiger partial charge in [-0.1, -0.05) is 22.0 Å². The van der Waals surface area contributed by atoms with E-state index < -0.39 is 22.6 Å². The molecular formula is C14H15BrO4. The highest BCUT2D eigenvalue weighted by Crippen LogP contribution is 2.73. The van der Waals surface area contributed by atoms with Crippen LogP contribution in [0.1, 0.15) is 27.2 Å². The number of halogens is 1. The molecule has 1 saturated heterocycles. The summed E-state index contributed by atoms with van der Waals surface area (Å²) in [4.78, 5) is 24.9. The van der Waals surface area contributed by atoms with Crippen molar-refractivity contribution < 1.29 is 19.4 Å². The molecule has 5 heteroatoms. The number of hydrogen-bond acceptors (Lipinski definition) is 4. The molecule has 0 aromatic heterocycles. The van der Waals surface area contributed by atoms with Crippen LogP contribution in [0.15, 0.2) is 22.2 Å². The fraction of sp³-hybridized carbons (Fsp3) is 0.571. The highest BCUT2D eigenvalue weighted by Gasteiger charge is 2.84. The van der Waals surface area contributed by atoms with Gasteiger partial charge in [-0.15, -0.1) is 0 Å². The van der Waals surface area contributed by atoms with Crippen LogP contribution in [0.3, 0.4) is 0 Å². The molecule has 19 heavy (non-hydrogen) atoms. The topological polar surface area (TPSA) is 63.6 Å². The summed E-state index contributed by atoms with van der Waals surface area (Å²) in [6.07, 6.45) is 3.52. The molecule has 2 aliphatic carbocycles. The third-order valence-electron chi connectivity index (χ3n) is 4.59. The minimum Gasteiger partial charge on any atom is -0.358 e. The molecule has 0 bridgehead atoms. The summed E-state index contributed by atoms with van der Waals surface area (Å²) in [7, 11) is 0. The fourth-order valence-electron chi connectivity index (χ4n) is 3.55. The first kappa shape index (κ1) is 13.2. The molecule has 0 aromatic rings. The Balaban J connectivity index is 2.16. The Hall–Kier alpha value is -0.780. The van der Waals surface area contributed by atoms with Crippen molar-refractivity contribution in [2.24, 2.45) is 11.3 Å². The molecule has 0 unspecified atom stereocenters. The molecule has 3 atom stereocenters. The van der Waals surface area contributed by atoms with Crippen LogP contribution in [0.25, 0.3) is 0 Å². The summed E-state index contributed by atoms with van der Waals surface area (Å²) in [5.74, 6) is -2.84. The van der Waals surface area contributed by atoms with Crippen molar-refractivity contribution in [1.82, 2.24) is 0 Å². The van der Waals surface area contributed by atoms with Gasteiger partial charge in [0.2, 0.25) is 11.6 Å². The predicted octanol–water partition coefficient (Wildman–Crippen LogP) is 1.87. The lowest BCUT2D eigenvalue weighted by Gasteiger charge is -2.35. The average Bonchev–Trinajstić information content (AvgIpc) is 3.05. The van der Waals surface area contributed by atoms with Gasteiger partial charge in [-0.3, -0.25) is 9.59 Å². The summed E-state index contributed by atoms with van der Waals surface area (Å²) >= 11 is 3.24. The zero-order valence-electron chi connectivity index (χ0n) is 11.0. The van der Waals surface area contributed by atoms with Crippen LogP contribution >= 0.6 is 15.9 Å². The summed E-state index contributed by atoms with van der Waals surface area (Å²) < 4.78 is 6.10. The number of allylic oxidation sites excluding steroid dienone is 3. The molecule has 1 heterocycles. The molecule has 4 nitrogen and oxygen atoms in total. The van der Waals surface area contributed by atoms with E-state index in [1.54, 1.807) is 13.0 Å². The van der Waals surface area contributed by atoms with E-state index in [-0.39, 0.29) is 17.3 Å². The van der Waals surface area contributed by atoms with Crippen LogP contribution in [-0.2, 0) is 14.3 Å². The molecule has 102 valence electrons. The van der Waals surface area contributed by atoms with Crippen molar-refractivity contribution in [3.8, 4) is 0 Å². The highest BCUT2D eigenvalue weighted by molar-refractivity contribution is 9.12. The van der Waals surface area contributed by atoms with Crippen LogP contribution in [-0.4, -0.2) is 28.1 Å². The van der Waals surface area contributed by atoms with Gasteiger partial charge in [-0.05, 0) is 33.3 Å². The maximum Gasteiger partial charge on any atom is 0.245 e. The summed E-state index contributed by atoms with van der Waals surface area (Å²) in [5.41, 5.74) is -1.53. The van der Waals surface area contributed by atoms with Crippen LogP contribution < -0.4 is 0 Å². The van der Waals surface area contributed by atoms with E-state index in [4.69, 9.17) is 4.74 Å². The van der Waals surface area contributed by atoms with Crippen molar-refractivity contribution in [1.29, 1.82) is 0 Å². The first-order chi connectivity index (χ1) is 8.70. The molecule has 3 rings (SSSR count). The molecular weight excluding hydrogens is 312 g/mol. The number of carbonyl (C=O) groups excluding carboxylic acids is 2. The van der Waals surface area contributed by atoms with Gasteiger partial charge >= 0.3 is 0 Å². The van der Waals surface area contributed by atoms with Crippen molar-refractivity contribution in [2.75, 3.05) is 0 Å². The van der Waals surface area contributed by atoms with Crippen LogP contribution in [0, 0.1) is 11.3 Å². The van der Waals surface area contributed by atoms with Gasteiger partial charge in [-0.25, -0.2) is 0 Å². The van der Waals surface area contributed by atoms with Crippen molar-refractivity contribution in [3.63, 3.8) is 0 Å². The van der Waals surface area contributed by atoms with Gasteiger partial charge in [0.05, 0.1) is 5.60 Å². The molecule has 2 fully saturated rings. The highest BCUT2D eigenvalue weighted by atomic mass is 79.9. The van der Waals surface area contributed by atoms with E-state index in [0.29, 0.717) is 10.9 Å². The van der Waals surface area contributed by atoms with Crippen molar-refractivity contribution in [2.45, 2.75) is 38.6 Å². The van der Waals surface area contributed by atoms with Crippen molar-refractivity contribution >= 4 is 27.5 Å². The molecule has 0 aromatic carbocycles. The third kappa shape index (κ3) is 1.31. The van der Waals surface area contributed by atoms with Crippen molar-refractivity contribution in [3.05, 3.63) is 22.2 Å². The van der Waals surface area contributed by atoms with E-state index in [1.807, 2.05) is 13.8 Å². The Morgan fingerprint density at radius 1 is 1.53 bits per heavy atom. The SMILES string of the molecule is C/C=C(/Br)C1=CC(=O)[C@@]23C[C@@H]2C(C)(C)O[C@]3(O)C1=O. The molecule has 1 aliphatic heterocycles. The number of hydrogen-bond donors (Lipinski definition) is 1. The van der Waals surface area contributed by atoms with Gasteiger partial charge in [0, 0.05) is 16.0 Å². The molecule has 1 N–H and O–H groups in total. The molecule has 3 aliphatic rings. The maximum absolute atomic E-state index is 12.5. The molecule has 0 amide bonds. The lowest BCUT2D eigenvalue weighted by Crippen LogP contribution is -2.54. The first-order valence-electron chi connectivity index (χ1n) is 6.26. The Kier molecular flexibility index (Phi) is 2.40. The predicted molar refractivity (Wildman–Crippen MR) is 71.4 cm³/mol. The number of Topliss-reactive ketones (excluding diaryl/α,β-unsaturated/α-hetero) is 1. The minimum atomic E-state index is -2.01. The Morgan fingerprint density at radius 3 is 2.68 bits per heavy atom. The number of aliphatic hydroxyl groups is 1. The van der Waals surface area contributed by atoms with Crippen LogP contribution in [0.2, 0.25) is 0 Å². The smallest absolute Gasteiger partial charge is 0.245 e. The van der Waals surface area contributed by atoms with Gasteiger partial charge < -0.3 is 9.84 Å². The van der Waals surface area contributed by atoms with E-state index in [0.717, 1.165) is 0 Å². The number of carbonyl (C=O) groups is 2. The maximum atomic E-state index is 12.5. The zero-order chi connectivity index (χ0) is 14.2. The van der Waals surface area contributed by atoms with Gasteiger partial charge in [0.1, 0.15) is 5.41 Å². The fourth-order valence-corrected chi connectivity index (χ4v) is 3.84. The second-order valence-corrected chi connectivity index (χ2v) is 6.82. The van der Waals surface area contributed by atoms with Gasteiger partial charge in [-0.2, -0.15) is 0 Å². The standard InChI is InChI=1S/C14H15BrO4/c1-4-8(15)7-5-10(16)13-6-9(13)12(2,3)19-14(13,18)11(7)17/h4-5,9,18H,6H2,1-3H3/b8-4+/t9-,13-,14-/m1/s1. The van der Waals surface area contributed by atoms with Gasteiger partial charge in [0.15, 0.2) is 5.78 Å². The van der Waals surface area contributed by atoms with E-state index >= 15 is 0 Å². The molecule has 0 radical (unpaired) electrons. The second kappa shape index (κ2) is 3.45. The first-order valence-corrected chi connectivity index (χ1v) is 7.05. The van der Waals surface area contributed by atoms with E-state index in [9.17, 15) is 14.7 Å².